The molecule has 2 aliphatic carbocycles. The molecule has 5 atom stereocenters. The molecule has 5 N–H and O–H groups in total. The van der Waals surface area contributed by atoms with Gasteiger partial charge in [-0.15, -0.1) is 0 Å². The molecule has 5 amide bonds. The fourth-order valence-electron chi connectivity index (χ4n) is 8.03. The van der Waals surface area contributed by atoms with Crippen LogP contribution < -0.4 is 30.7 Å². The Morgan fingerprint density at radius 3 is 2.47 bits per heavy atom. The van der Waals surface area contributed by atoms with Gasteiger partial charge in [-0.2, -0.15) is 4.98 Å². The van der Waals surface area contributed by atoms with E-state index >= 15 is 0 Å². The first kappa shape index (κ1) is 41.1. The number of imidazole rings is 1. The van der Waals surface area contributed by atoms with Crippen LogP contribution in [0.15, 0.2) is 60.7 Å². The number of anilines is 2. The maximum Gasteiger partial charge on any atom is 0.319 e. The molecule has 0 radical (unpaired) electrons. The fourth-order valence-corrected chi connectivity index (χ4v) is 9.34. The second-order valence-electron chi connectivity index (χ2n) is 17.1. The Bertz CT molecular complexity index is 2180. The van der Waals surface area contributed by atoms with Crippen molar-refractivity contribution in [3.05, 3.63) is 60.7 Å². The van der Waals surface area contributed by atoms with Gasteiger partial charge < -0.3 is 30.9 Å². The molecule has 3 aromatic rings. The summed E-state index contributed by atoms with van der Waals surface area (Å²) in [6.07, 6.45) is 8.23. The molecule has 2 aromatic carbocycles. The first-order valence-electron chi connectivity index (χ1n) is 20.5. The summed E-state index contributed by atoms with van der Waals surface area (Å²) in [4.78, 5) is 62.4. The van der Waals surface area contributed by atoms with Crippen LogP contribution in [0.3, 0.4) is 0 Å². The van der Waals surface area contributed by atoms with E-state index in [1.54, 1.807) is 13.0 Å². The van der Waals surface area contributed by atoms with Gasteiger partial charge in [0.2, 0.25) is 21.8 Å². The summed E-state index contributed by atoms with van der Waals surface area (Å²) in [6.45, 7) is 9.38. The van der Waals surface area contributed by atoms with Crippen molar-refractivity contribution in [2.45, 2.75) is 133 Å². The number of nitrogens with zero attached hydrogens (tertiary/aromatic N) is 3. The monoisotopic (exact) mass is 816 g/mol. The van der Waals surface area contributed by atoms with Gasteiger partial charge in [0.1, 0.15) is 29.2 Å². The summed E-state index contributed by atoms with van der Waals surface area (Å²) < 4.78 is 36.3. The molecule has 4 aliphatic rings. The molecule has 1 saturated heterocycles. The van der Waals surface area contributed by atoms with Crippen LogP contribution in [0.1, 0.15) is 98.4 Å². The summed E-state index contributed by atoms with van der Waals surface area (Å²) in [5.74, 6) is -2.02. The highest BCUT2D eigenvalue weighted by atomic mass is 32.2. The molecule has 0 spiro atoms. The predicted molar refractivity (Wildman–Crippen MR) is 222 cm³/mol. The van der Waals surface area contributed by atoms with Crippen molar-refractivity contribution in [1.29, 1.82) is 0 Å². The van der Waals surface area contributed by atoms with Crippen LogP contribution in [-0.4, -0.2) is 87.7 Å². The van der Waals surface area contributed by atoms with Gasteiger partial charge in [0.05, 0.1) is 22.5 Å². The number of rotatable bonds is 10. The third-order valence-corrected chi connectivity index (χ3v) is 13.9. The normalized spacial score (nSPS) is 26.4. The molecule has 312 valence electrons. The zero-order chi connectivity index (χ0) is 41.4. The van der Waals surface area contributed by atoms with Crippen LogP contribution in [0.2, 0.25) is 0 Å². The number of aromatic nitrogens is 2. The number of amides is 5. The lowest BCUT2D eigenvalue weighted by Crippen LogP contribution is -2.58. The fraction of sp³-hybridized carbons (Fsp3) is 0.548. The summed E-state index contributed by atoms with van der Waals surface area (Å²) in [5.41, 5.74) is 1.04. The van der Waals surface area contributed by atoms with E-state index in [-0.39, 0.29) is 49.4 Å². The topological polar surface area (TPSA) is 193 Å². The van der Waals surface area contributed by atoms with Crippen molar-refractivity contribution in [3.63, 3.8) is 0 Å². The van der Waals surface area contributed by atoms with Crippen molar-refractivity contribution < 1.29 is 32.3 Å². The maximum atomic E-state index is 14.8. The van der Waals surface area contributed by atoms with Gasteiger partial charge in [-0.25, -0.2) is 13.2 Å². The van der Waals surface area contributed by atoms with E-state index in [2.05, 4.69) is 26.0 Å². The van der Waals surface area contributed by atoms with E-state index in [1.807, 2.05) is 86.9 Å². The number of hydrogen-bond donors (Lipinski definition) is 5. The van der Waals surface area contributed by atoms with E-state index in [0.29, 0.717) is 30.5 Å². The van der Waals surface area contributed by atoms with Gasteiger partial charge in [-0.3, -0.25) is 23.7 Å². The Morgan fingerprint density at radius 1 is 1.00 bits per heavy atom. The minimum atomic E-state index is -3.98. The molecule has 2 aliphatic heterocycles. The molecule has 3 heterocycles. The van der Waals surface area contributed by atoms with Crippen LogP contribution in [0.5, 0.6) is 6.01 Å². The minimum absolute atomic E-state index is 0.0579. The molecule has 3 fully saturated rings. The average molecular weight is 817 g/mol. The lowest BCUT2D eigenvalue weighted by Gasteiger charge is -2.30. The molecule has 15 nitrogen and oxygen atoms in total. The number of benzene rings is 2. The third kappa shape index (κ3) is 8.52. The molecule has 0 bridgehead atoms. The summed E-state index contributed by atoms with van der Waals surface area (Å²) in [5, 5.41) is 12.1. The Balaban J connectivity index is 1.21. The number of urea groups is 1. The Morgan fingerprint density at radius 2 is 1.76 bits per heavy atom. The van der Waals surface area contributed by atoms with Crippen LogP contribution in [0.4, 0.5) is 16.2 Å². The number of para-hydroxylation sites is 2. The lowest BCUT2D eigenvalue weighted by molar-refractivity contribution is -0.140. The molecular weight excluding hydrogens is 761 g/mol. The zero-order valence-corrected chi connectivity index (χ0v) is 34.7. The molecule has 1 aromatic heterocycles. The standard InChI is InChI=1S/C42H56N8O7S/c1-26(2)43-39(54)45-31-19-14-20-33-35(31)46-40(50(33)27(3)4)57-30-23-34-36(51)47-42(38(53)48-58(55,56)41(5)21-22-41)24-28(42)15-10-7-6-8-13-18-32(37(52)49(34)25-30)44-29-16-11-9-12-17-29/h9-12,14-17,19-20,26-28,30,32,34,44H,6-8,13,18,21-25H2,1-5H3,(H,47,51)(H,48,53)(H2,43,45,54)/b15-10-/t28?,30-,32+,34+,42-/m1/s1. The highest BCUT2D eigenvalue weighted by Crippen LogP contribution is 2.47. The summed E-state index contributed by atoms with van der Waals surface area (Å²) >= 11 is 0. The maximum absolute atomic E-state index is 14.8. The third-order valence-electron chi connectivity index (χ3n) is 11.7. The number of carbonyl (C=O) groups excluding carboxylic acids is 4. The van der Waals surface area contributed by atoms with Crippen LogP contribution in [0, 0.1) is 5.92 Å². The number of allylic oxidation sites excluding steroid dienone is 1. The Hall–Kier alpha value is -5.12. The molecule has 7 rings (SSSR count). The largest absolute Gasteiger partial charge is 0.459 e. The van der Waals surface area contributed by atoms with Gasteiger partial charge in [-0.05, 0) is 97.4 Å². The van der Waals surface area contributed by atoms with E-state index < -0.39 is 56.2 Å². The molecule has 2 saturated carbocycles. The number of fused-ring (bicyclic) bond motifs is 3. The summed E-state index contributed by atoms with van der Waals surface area (Å²) in [7, 11) is -3.98. The average Bonchev–Trinajstić information content (AvgIpc) is 3.98. The van der Waals surface area contributed by atoms with E-state index in [1.165, 1.54) is 4.90 Å². The highest BCUT2D eigenvalue weighted by Gasteiger charge is 2.63. The zero-order valence-electron chi connectivity index (χ0n) is 33.9. The number of nitrogens with one attached hydrogen (secondary N) is 5. The van der Waals surface area contributed by atoms with Gasteiger partial charge in [0.25, 0.3) is 11.9 Å². The Labute approximate surface area is 340 Å². The van der Waals surface area contributed by atoms with Crippen molar-refractivity contribution in [2.75, 3.05) is 17.2 Å². The number of sulfonamides is 1. The van der Waals surface area contributed by atoms with Crippen molar-refractivity contribution in [3.8, 4) is 6.01 Å². The molecule has 58 heavy (non-hydrogen) atoms. The summed E-state index contributed by atoms with van der Waals surface area (Å²) in [6, 6.07) is 13.0. The quantitative estimate of drug-likeness (QED) is 0.167. The van der Waals surface area contributed by atoms with Gasteiger partial charge in [-0.1, -0.05) is 49.3 Å². The SMILES string of the molecule is CC(C)NC(=O)Nc1cccc2c1nc(O[C@@H]1C[C@H]3C(=O)N[C@]4(C(=O)NS(=O)(=O)C5(C)CC5)CC4/C=C\CCCCC[C@H](Nc4ccccc4)C(=O)N3C1)n2C(C)C. The smallest absolute Gasteiger partial charge is 0.319 e. The second-order valence-corrected chi connectivity index (χ2v) is 19.2. The van der Waals surface area contributed by atoms with Crippen molar-refractivity contribution in [1.82, 2.24) is 29.8 Å². The second kappa shape index (κ2) is 16.3. The van der Waals surface area contributed by atoms with Gasteiger partial charge in [0, 0.05) is 30.1 Å². The lowest BCUT2D eigenvalue weighted by atomic mass is 10.0. The molecule has 16 heteroatoms. The molecule has 1 unspecified atom stereocenters. The number of hydrogen-bond acceptors (Lipinski definition) is 9. The van der Waals surface area contributed by atoms with E-state index in [4.69, 9.17) is 9.72 Å². The highest BCUT2D eigenvalue weighted by molar-refractivity contribution is 7.91. The van der Waals surface area contributed by atoms with Crippen molar-refractivity contribution in [2.24, 2.45) is 5.92 Å². The first-order valence-corrected chi connectivity index (χ1v) is 22.0. The molecular formula is C42H56N8O7S. The van der Waals surface area contributed by atoms with Crippen molar-refractivity contribution >= 4 is 56.2 Å². The Kier molecular flexibility index (Phi) is 11.5. The van der Waals surface area contributed by atoms with E-state index in [0.717, 1.165) is 36.9 Å². The van der Waals surface area contributed by atoms with Crippen LogP contribution in [-0.2, 0) is 24.4 Å². The number of carbonyl (C=O) groups is 4. The van der Waals surface area contributed by atoms with E-state index in [9.17, 15) is 27.6 Å². The number of ether oxygens (including phenoxy) is 1. The van der Waals surface area contributed by atoms with Crippen LogP contribution >= 0.6 is 0 Å². The minimum Gasteiger partial charge on any atom is -0.459 e. The predicted octanol–water partition coefficient (Wildman–Crippen LogP) is 5.37. The van der Waals surface area contributed by atoms with Gasteiger partial charge >= 0.3 is 6.03 Å². The van der Waals surface area contributed by atoms with Crippen LogP contribution in [0.25, 0.3) is 11.0 Å². The first-order chi connectivity index (χ1) is 27.6. The van der Waals surface area contributed by atoms with Gasteiger partial charge in [0.15, 0.2) is 0 Å².